The number of ether oxygens (including phenoxy) is 2. The lowest BCUT2D eigenvalue weighted by Gasteiger charge is -2.23. The Bertz CT molecular complexity index is 494. The van der Waals surface area contributed by atoms with Gasteiger partial charge in [-0.2, -0.15) is 0 Å². The molecular formula is C24H44NO2+. The van der Waals surface area contributed by atoms with Crippen molar-refractivity contribution in [3.8, 4) is 11.5 Å². The lowest BCUT2D eigenvalue weighted by molar-refractivity contribution is -0.870. The summed E-state index contributed by atoms with van der Waals surface area (Å²) in [5.74, 6) is 1.91. The molecule has 0 heterocycles. The number of hydrogen-bond donors (Lipinski definition) is 0. The summed E-state index contributed by atoms with van der Waals surface area (Å²) in [7, 11) is 6.77. The molecule has 1 rings (SSSR count). The van der Waals surface area contributed by atoms with E-state index in [1.165, 1.54) is 63.5 Å². The number of rotatable bonds is 16. The van der Waals surface area contributed by atoms with Gasteiger partial charge < -0.3 is 14.0 Å². The van der Waals surface area contributed by atoms with Gasteiger partial charge in [-0.15, -0.1) is 0 Å². The highest BCUT2D eigenvalue weighted by Crippen LogP contribution is 2.25. The second-order valence-corrected chi connectivity index (χ2v) is 8.82. The molecule has 0 unspecified atom stereocenters. The van der Waals surface area contributed by atoms with E-state index in [2.05, 4.69) is 53.2 Å². The number of unbranched alkanes of at least 4 members (excludes halogenated alkanes) is 8. The van der Waals surface area contributed by atoms with Gasteiger partial charge in [0.2, 0.25) is 0 Å². The monoisotopic (exact) mass is 378 g/mol. The smallest absolute Gasteiger partial charge is 0.125 e. The Morgan fingerprint density at radius 1 is 0.741 bits per heavy atom. The Kier molecular flexibility index (Phi) is 12.2. The molecule has 3 heteroatoms. The molecule has 0 N–H and O–H groups in total. The summed E-state index contributed by atoms with van der Waals surface area (Å²) in [6, 6.07) is 6.22. The van der Waals surface area contributed by atoms with E-state index in [1.54, 1.807) is 0 Å². The molecule has 0 fully saturated rings. The fraction of sp³-hybridized carbons (Fsp3) is 0.750. The molecule has 0 amide bonds. The van der Waals surface area contributed by atoms with Crippen molar-refractivity contribution in [1.82, 2.24) is 0 Å². The predicted octanol–water partition coefficient (Wildman–Crippen LogP) is 6.38. The molecule has 0 saturated carbocycles. The van der Waals surface area contributed by atoms with Crippen LogP contribution in [0.4, 0.5) is 0 Å². The minimum absolute atomic E-state index is 0.798. The molecule has 0 aliphatic carbocycles. The number of quaternary nitrogens is 1. The van der Waals surface area contributed by atoms with Crippen molar-refractivity contribution >= 4 is 0 Å². The fourth-order valence-corrected chi connectivity index (χ4v) is 3.12. The number of hydrogen-bond acceptors (Lipinski definition) is 2. The Hall–Kier alpha value is -1.22. The maximum absolute atomic E-state index is 6.01. The SMILES string of the molecule is CCCCCCCCOc1ccc(C)c(OCCCCCC[N+](C)(C)C)c1. The third-order valence-corrected chi connectivity index (χ3v) is 4.91. The Labute approximate surface area is 168 Å². The third kappa shape index (κ3) is 12.7. The van der Waals surface area contributed by atoms with Gasteiger partial charge in [0.05, 0.1) is 40.9 Å². The average molecular weight is 379 g/mol. The van der Waals surface area contributed by atoms with Gasteiger partial charge >= 0.3 is 0 Å². The molecule has 0 saturated heterocycles. The average Bonchev–Trinajstić information content (AvgIpc) is 2.61. The summed E-state index contributed by atoms with van der Waals surface area (Å²) in [4.78, 5) is 0. The van der Waals surface area contributed by atoms with Crippen molar-refractivity contribution in [1.29, 1.82) is 0 Å². The van der Waals surface area contributed by atoms with Gasteiger partial charge in [-0.05, 0) is 50.7 Å². The van der Waals surface area contributed by atoms with E-state index >= 15 is 0 Å². The second kappa shape index (κ2) is 13.9. The molecule has 0 spiro atoms. The van der Waals surface area contributed by atoms with Crippen LogP contribution in [0.5, 0.6) is 11.5 Å². The molecule has 0 radical (unpaired) electrons. The zero-order valence-electron chi connectivity index (χ0n) is 18.7. The van der Waals surface area contributed by atoms with Gasteiger partial charge in [0.25, 0.3) is 0 Å². The van der Waals surface area contributed by atoms with E-state index in [0.717, 1.165) is 42.0 Å². The van der Waals surface area contributed by atoms with Crippen LogP contribution >= 0.6 is 0 Å². The quantitative estimate of drug-likeness (QED) is 0.245. The van der Waals surface area contributed by atoms with Gasteiger partial charge in [0.1, 0.15) is 11.5 Å². The number of nitrogens with zero attached hydrogens (tertiary/aromatic N) is 1. The number of benzene rings is 1. The number of aryl methyl sites for hydroxylation is 1. The topological polar surface area (TPSA) is 18.5 Å². The van der Waals surface area contributed by atoms with E-state index in [-0.39, 0.29) is 0 Å². The Balaban J connectivity index is 2.19. The van der Waals surface area contributed by atoms with Crippen molar-refractivity contribution in [2.75, 3.05) is 40.9 Å². The van der Waals surface area contributed by atoms with E-state index in [1.807, 2.05) is 0 Å². The van der Waals surface area contributed by atoms with Crippen LogP contribution < -0.4 is 9.47 Å². The van der Waals surface area contributed by atoms with Crippen LogP contribution in [0, 0.1) is 6.92 Å². The van der Waals surface area contributed by atoms with Crippen molar-refractivity contribution in [2.24, 2.45) is 0 Å². The van der Waals surface area contributed by atoms with Crippen LogP contribution in [-0.4, -0.2) is 45.4 Å². The molecule has 3 nitrogen and oxygen atoms in total. The summed E-state index contributed by atoms with van der Waals surface area (Å²) in [6.07, 6.45) is 12.7. The molecule has 0 aromatic heterocycles. The van der Waals surface area contributed by atoms with Crippen LogP contribution in [-0.2, 0) is 0 Å². The predicted molar refractivity (Wildman–Crippen MR) is 117 cm³/mol. The van der Waals surface area contributed by atoms with Crippen molar-refractivity contribution in [2.45, 2.75) is 78.1 Å². The molecule has 0 aliphatic rings. The molecule has 0 aliphatic heterocycles. The zero-order chi connectivity index (χ0) is 20.0. The molecule has 1 aromatic carbocycles. The Morgan fingerprint density at radius 3 is 2.00 bits per heavy atom. The first-order chi connectivity index (χ1) is 12.9. The summed E-state index contributed by atoms with van der Waals surface area (Å²) < 4.78 is 13.0. The molecule has 0 bridgehead atoms. The largest absolute Gasteiger partial charge is 0.493 e. The molecule has 27 heavy (non-hydrogen) atoms. The molecule has 156 valence electrons. The standard InChI is InChI=1S/C24H44NO2/c1-6-7-8-9-11-14-19-26-23-17-16-22(2)24(21-23)27-20-15-12-10-13-18-25(3,4)5/h16-17,21H,6-15,18-20H2,1-5H3/q+1. The van der Waals surface area contributed by atoms with Gasteiger partial charge in [0.15, 0.2) is 0 Å². The maximum atomic E-state index is 6.01. The maximum Gasteiger partial charge on any atom is 0.125 e. The van der Waals surface area contributed by atoms with Gasteiger partial charge in [0, 0.05) is 6.07 Å². The highest BCUT2D eigenvalue weighted by atomic mass is 16.5. The first kappa shape index (κ1) is 23.8. The van der Waals surface area contributed by atoms with Crippen molar-refractivity contribution in [3.05, 3.63) is 23.8 Å². The zero-order valence-corrected chi connectivity index (χ0v) is 18.7. The normalized spacial score (nSPS) is 11.6. The highest BCUT2D eigenvalue weighted by Gasteiger charge is 2.06. The second-order valence-electron chi connectivity index (χ2n) is 8.82. The van der Waals surface area contributed by atoms with E-state index < -0.39 is 0 Å². The van der Waals surface area contributed by atoms with Crippen LogP contribution in [0.25, 0.3) is 0 Å². The summed E-state index contributed by atoms with van der Waals surface area (Å²) in [6.45, 7) is 7.21. The van der Waals surface area contributed by atoms with Crippen LogP contribution in [0.2, 0.25) is 0 Å². The lowest BCUT2D eigenvalue weighted by Crippen LogP contribution is -2.35. The first-order valence-corrected chi connectivity index (χ1v) is 11.1. The lowest BCUT2D eigenvalue weighted by atomic mass is 10.1. The van der Waals surface area contributed by atoms with Gasteiger partial charge in [-0.1, -0.05) is 45.1 Å². The third-order valence-electron chi connectivity index (χ3n) is 4.91. The van der Waals surface area contributed by atoms with Crippen LogP contribution in [0.1, 0.15) is 76.7 Å². The van der Waals surface area contributed by atoms with E-state index in [9.17, 15) is 0 Å². The van der Waals surface area contributed by atoms with Crippen LogP contribution in [0.3, 0.4) is 0 Å². The van der Waals surface area contributed by atoms with E-state index in [0.29, 0.717) is 0 Å². The molecular weight excluding hydrogens is 334 g/mol. The molecule has 1 aromatic rings. The van der Waals surface area contributed by atoms with Crippen molar-refractivity contribution < 1.29 is 14.0 Å². The fourth-order valence-electron chi connectivity index (χ4n) is 3.12. The summed E-state index contributed by atoms with van der Waals surface area (Å²) in [5, 5.41) is 0. The van der Waals surface area contributed by atoms with Crippen LogP contribution in [0.15, 0.2) is 18.2 Å². The first-order valence-electron chi connectivity index (χ1n) is 11.1. The minimum atomic E-state index is 0.798. The Morgan fingerprint density at radius 2 is 1.33 bits per heavy atom. The highest BCUT2D eigenvalue weighted by molar-refractivity contribution is 5.39. The van der Waals surface area contributed by atoms with E-state index in [4.69, 9.17) is 9.47 Å². The van der Waals surface area contributed by atoms with Crippen molar-refractivity contribution in [3.63, 3.8) is 0 Å². The molecule has 0 atom stereocenters. The minimum Gasteiger partial charge on any atom is -0.493 e. The van der Waals surface area contributed by atoms with Gasteiger partial charge in [-0.25, -0.2) is 0 Å². The summed E-state index contributed by atoms with van der Waals surface area (Å²) in [5.41, 5.74) is 1.19. The summed E-state index contributed by atoms with van der Waals surface area (Å²) >= 11 is 0. The van der Waals surface area contributed by atoms with Gasteiger partial charge in [-0.3, -0.25) is 0 Å².